The maximum atomic E-state index is 13.5. The number of non-ortho nitro benzene ring substituents is 1. The third-order valence-corrected chi connectivity index (χ3v) is 6.47. The van der Waals surface area contributed by atoms with Crippen LogP contribution in [0.15, 0.2) is 78.4 Å². The molecule has 1 aliphatic rings. The standard InChI is InChI=1S/C30H30N2O6/c1-5-18-38-24-9-7-6-8-23(24)31-26(19-10-14-21(15-11-19)30(2,3)4)25(28(34)29(31)35)27(33)20-12-16-22(17-13-20)32(36)37/h6-17,26,33H,5,18H2,1-4H3/b27-25-. The summed E-state index contributed by atoms with van der Waals surface area (Å²) < 4.78 is 5.90. The highest BCUT2D eigenvalue weighted by molar-refractivity contribution is 6.51. The molecule has 1 amide bonds. The lowest BCUT2D eigenvalue weighted by molar-refractivity contribution is -0.384. The Labute approximate surface area is 221 Å². The second-order valence-corrected chi connectivity index (χ2v) is 10.2. The van der Waals surface area contributed by atoms with E-state index >= 15 is 0 Å². The molecule has 0 spiro atoms. The summed E-state index contributed by atoms with van der Waals surface area (Å²) in [6.45, 7) is 8.66. The second-order valence-electron chi connectivity index (χ2n) is 10.2. The average Bonchev–Trinajstić information content (AvgIpc) is 3.16. The zero-order chi connectivity index (χ0) is 27.6. The highest BCUT2D eigenvalue weighted by Gasteiger charge is 2.47. The lowest BCUT2D eigenvalue weighted by atomic mass is 9.85. The molecule has 3 aromatic carbocycles. The van der Waals surface area contributed by atoms with Gasteiger partial charge in [0.2, 0.25) is 0 Å². The predicted octanol–water partition coefficient (Wildman–Crippen LogP) is 6.31. The number of hydrogen-bond donors (Lipinski definition) is 1. The van der Waals surface area contributed by atoms with Crippen LogP contribution in [0.1, 0.15) is 56.8 Å². The molecule has 4 rings (SSSR count). The number of aliphatic hydroxyl groups excluding tert-OH is 1. The Hall–Kier alpha value is -4.46. The highest BCUT2D eigenvalue weighted by Crippen LogP contribution is 2.45. The average molecular weight is 515 g/mol. The summed E-state index contributed by atoms with van der Waals surface area (Å²) in [7, 11) is 0. The van der Waals surface area contributed by atoms with Crippen LogP contribution in [0.5, 0.6) is 5.75 Å². The Morgan fingerprint density at radius 2 is 1.63 bits per heavy atom. The van der Waals surface area contributed by atoms with Crippen molar-refractivity contribution in [2.24, 2.45) is 0 Å². The van der Waals surface area contributed by atoms with E-state index in [0.29, 0.717) is 23.6 Å². The van der Waals surface area contributed by atoms with Crippen molar-refractivity contribution >= 4 is 28.8 Å². The number of ketones is 1. The maximum absolute atomic E-state index is 13.5. The number of hydrogen-bond acceptors (Lipinski definition) is 6. The fraction of sp³-hybridized carbons (Fsp3) is 0.267. The van der Waals surface area contributed by atoms with Gasteiger partial charge in [0.25, 0.3) is 17.4 Å². The minimum absolute atomic E-state index is 0.0994. The van der Waals surface area contributed by atoms with Gasteiger partial charge in [-0.15, -0.1) is 0 Å². The molecule has 1 heterocycles. The van der Waals surface area contributed by atoms with E-state index in [1.165, 1.54) is 29.2 Å². The molecule has 1 fully saturated rings. The molecule has 8 nitrogen and oxygen atoms in total. The first-order valence-electron chi connectivity index (χ1n) is 12.4. The Kier molecular flexibility index (Phi) is 7.35. The number of nitro benzene ring substituents is 1. The van der Waals surface area contributed by atoms with Crippen molar-refractivity contribution in [1.29, 1.82) is 0 Å². The molecule has 1 saturated heterocycles. The largest absolute Gasteiger partial charge is 0.507 e. The molecule has 0 bridgehead atoms. The van der Waals surface area contributed by atoms with Gasteiger partial charge in [0.1, 0.15) is 11.5 Å². The molecular weight excluding hydrogens is 484 g/mol. The van der Waals surface area contributed by atoms with Crippen molar-refractivity contribution in [1.82, 2.24) is 0 Å². The van der Waals surface area contributed by atoms with Crippen LogP contribution in [0.25, 0.3) is 5.76 Å². The molecule has 1 N–H and O–H groups in total. The van der Waals surface area contributed by atoms with Crippen molar-refractivity contribution < 1.29 is 24.4 Å². The van der Waals surface area contributed by atoms with E-state index in [1.807, 2.05) is 31.2 Å². The fourth-order valence-electron chi connectivity index (χ4n) is 4.45. The van der Waals surface area contributed by atoms with Crippen LogP contribution in [0.4, 0.5) is 11.4 Å². The molecule has 0 aromatic heterocycles. The summed E-state index contributed by atoms with van der Waals surface area (Å²) in [5, 5.41) is 22.4. The van der Waals surface area contributed by atoms with Gasteiger partial charge in [-0.25, -0.2) is 0 Å². The molecule has 1 aliphatic heterocycles. The lowest BCUT2D eigenvalue weighted by Gasteiger charge is -2.28. The molecule has 196 valence electrons. The van der Waals surface area contributed by atoms with Gasteiger partial charge in [0.05, 0.1) is 28.8 Å². The number of anilines is 1. The summed E-state index contributed by atoms with van der Waals surface area (Å²) in [6, 6.07) is 18.8. The molecule has 1 unspecified atom stereocenters. The van der Waals surface area contributed by atoms with E-state index in [9.17, 15) is 24.8 Å². The van der Waals surface area contributed by atoms with Crippen molar-refractivity contribution in [3.63, 3.8) is 0 Å². The molecule has 3 aromatic rings. The molecule has 38 heavy (non-hydrogen) atoms. The van der Waals surface area contributed by atoms with E-state index in [2.05, 4.69) is 20.8 Å². The first-order chi connectivity index (χ1) is 18.0. The lowest BCUT2D eigenvalue weighted by Crippen LogP contribution is -2.30. The fourth-order valence-corrected chi connectivity index (χ4v) is 4.45. The second kappa shape index (κ2) is 10.5. The number of carbonyl (C=O) groups is 2. The van der Waals surface area contributed by atoms with Crippen molar-refractivity contribution in [2.45, 2.75) is 45.6 Å². The number of para-hydroxylation sites is 2. The van der Waals surface area contributed by atoms with Gasteiger partial charge in [0, 0.05) is 17.7 Å². The van der Waals surface area contributed by atoms with Crippen molar-refractivity contribution in [3.05, 3.63) is 105 Å². The Bertz CT molecular complexity index is 1400. The third kappa shape index (κ3) is 5.02. The minimum atomic E-state index is -0.939. The first kappa shape index (κ1) is 26.6. The van der Waals surface area contributed by atoms with Crippen LogP contribution in [-0.2, 0) is 15.0 Å². The van der Waals surface area contributed by atoms with Crippen molar-refractivity contribution in [3.8, 4) is 5.75 Å². The third-order valence-electron chi connectivity index (χ3n) is 6.47. The molecule has 8 heteroatoms. The van der Waals surface area contributed by atoms with Crippen molar-refractivity contribution in [2.75, 3.05) is 11.5 Å². The maximum Gasteiger partial charge on any atom is 0.300 e. The van der Waals surface area contributed by atoms with Crippen LogP contribution in [0.2, 0.25) is 0 Å². The van der Waals surface area contributed by atoms with Gasteiger partial charge >= 0.3 is 0 Å². The van der Waals surface area contributed by atoms with Gasteiger partial charge in [-0.1, -0.05) is 64.1 Å². The van der Waals surface area contributed by atoms with Gasteiger partial charge in [0.15, 0.2) is 0 Å². The summed E-state index contributed by atoms with van der Waals surface area (Å²) in [4.78, 5) is 38.9. The molecule has 0 aliphatic carbocycles. The number of carbonyl (C=O) groups excluding carboxylic acids is 2. The number of ether oxygens (including phenoxy) is 1. The normalized spacial score (nSPS) is 17.1. The number of Topliss-reactive ketones (excluding diaryl/α,β-unsaturated/α-hetero) is 1. The van der Waals surface area contributed by atoms with Crippen LogP contribution in [0.3, 0.4) is 0 Å². The van der Waals surface area contributed by atoms with Gasteiger partial charge in [-0.05, 0) is 47.2 Å². The van der Waals surface area contributed by atoms with Crippen LogP contribution in [-0.4, -0.2) is 28.3 Å². The molecule has 1 atom stereocenters. The number of nitrogens with zero attached hydrogens (tertiary/aromatic N) is 2. The number of rotatable bonds is 7. The number of amides is 1. The molecular formula is C30H30N2O6. The van der Waals surface area contributed by atoms with Crippen LogP contribution >= 0.6 is 0 Å². The van der Waals surface area contributed by atoms with Gasteiger partial charge in [-0.2, -0.15) is 0 Å². The molecule has 0 radical (unpaired) electrons. The Morgan fingerprint density at radius 3 is 2.21 bits per heavy atom. The summed E-state index contributed by atoms with van der Waals surface area (Å²) in [5.74, 6) is -1.61. The monoisotopic (exact) mass is 514 g/mol. The Balaban J connectivity index is 1.92. The zero-order valence-corrected chi connectivity index (χ0v) is 21.8. The summed E-state index contributed by atoms with van der Waals surface area (Å²) in [6.07, 6.45) is 0.755. The zero-order valence-electron chi connectivity index (χ0n) is 21.8. The van der Waals surface area contributed by atoms with E-state index < -0.39 is 28.4 Å². The first-order valence-corrected chi connectivity index (χ1v) is 12.4. The smallest absolute Gasteiger partial charge is 0.300 e. The van der Waals surface area contributed by atoms with Gasteiger partial charge < -0.3 is 9.84 Å². The Morgan fingerprint density at radius 1 is 1.00 bits per heavy atom. The molecule has 0 saturated carbocycles. The van der Waals surface area contributed by atoms with Gasteiger partial charge in [-0.3, -0.25) is 24.6 Å². The van der Waals surface area contributed by atoms with E-state index in [4.69, 9.17) is 4.74 Å². The quantitative estimate of drug-likeness (QED) is 0.130. The number of benzene rings is 3. The SMILES string of the molecule is CCCOc1ccccc1N1C(=O)C(=O)/C(=C(\O)c2ccc([N+](=O)[O-])cc2)C1c1ccc(C(C)(C)C)cc1. The minimum Gasteiger partial charge on any atom is -0.507 e. The predicted molar refractivity (Wildman–Crippen MR) is 145 cm³/mol. The number of aliphatic hydroxyl groups is 1. The number of nitro groups is 1. The van der Waals surface area contributed by atoms with Crippen LogP contribution < -0.4 is 9.64 Å². The highest BCUT2D eigenvalue weighted by atomic mass is 16.6. The van der Waals surface area contributed by atoms with Crippen LogP contribution in [0, 0.1) is 10.1 Å². The summed E-state index contributed by atoms with van der Waals surface area (Å²) >= 11 is 0. The van der Waals surface area contributed by atoms with E-state index in [-0.39, 0.29) is 22.2 Å². The van der Waals surface area contributed by atoms with E-state index in [0.717, 1.165) is 12.0 Å². The topological polar surface area (TPSA) is 110 Å². The summed E-state index contributed by atoms with van der Waals surface area (Å²) in [5.41, 5.74) is 1.94. The van der Waals surface area contributed by atoms with E-state index in [1.54, 1.807) is 24.3 Å².